The smallest absolute Gasteiger partial charge is 0.260 e. The van der Waals surface area contributed by atoms with Crippen LogP contribution in [0, 0.1) is 6.92 Å². The zero-order valence-electron chi connectivity index (χ0n) is 24.3. The maximum atomic E-state index is 13.1. The molecule has 2 fully saturated rings. The third-order valence-corrected chi connectivity index (χ3v) is 9.08. The number of ether oxygens (including phenoxy) is 8. The number of benzene rings is 2. The van der Waals surface area contributed by atoms with Crippen molar-refractivity contribution in [3.05, 3.63) is 28.3 Å². The fourth-order valence-electron chi connectivity index (χ4n) is 7.21. The number of epoxide rings is 1. The molecule has 4 aliphatic rings. The summed E-state index contributed by atoms with van der Waals surface area (Å²) in [5.74, 6) is -2.25. The van der Waals surface area contributed by atoms with Crippen LogP contribution in [0.3, 0.4) is 0 Å². The van der Waals surface area contributed by atoms with Crippen LogP contribution >= 0.6 is 0 Å². The van der Waals surface area contributed by atoms with Gasteiger partial charge in [0, 0.05) is 50.7 Å². The van der Waals surface area contributed by atoms with Crippen molar-refractivity contribution >= 4 is 16.6 Å². The highest BCUT2D eigenvalue weighted by atomic mass is 16.8. The number of ketones is 1. The summed E-state index contributed by atoms with van der Waals surface area (Å²) >= 11 is 0. The molecule has 6 rings (SSSR count). The van der Waals surface area contributed by atoms with E-state index in [1.807, 2.05) is 13.0 Å². The van der Waals surface area contributed by atoms with E-state index in [1.54, 1.807) is 7.11 Å². The quantitative estimate of drug-likeness (QED) is 0.245. The summed E-state index contributed by atoms with van der Waals surface area (Å²) in [4.78, 5) is 13.1. The van der Waals surface area contributed by atoms with Gasteiger partial charge in [-0.2, -0.15) is 0 Å². The molecule has 3 N–H and O–H groups in total. The number of phenolic OH excluding ortho intramolecular Hbond substituents is 1. The Morgan fingerprint density at radius 3 is 2.56 bits per heavy atom. The zero-order valence-corrected chi connectivity index (χ0v) is 24.3. The fraction of sp³-hybridized carbons (Fsp3) is 0.633. The average molecular weight is 574 g/mol. The van der Waals surface area contributed by atoms with Crippen molar-refractivity contribution in [1.82, 2.24) is 0 Å². The predicted octanol–water partition coefficient (Wildman–Crippen LogP) is 3.42. The normalized spacial score (nSPS) is 29.9. The van der Waals surface area contributed by atoms with Gasteiger partial charge < -0.3 is 48.7 Å². The SMILES string of the molecule is COc1c2c(c(O)c3c4c(c(C)cc13)C1C[C@@](OCCCCN)(O4)[C@@]3(CO3)C(OC)(C(OC)OC)O1)C(=O)CCC2. The van der Waals surface area contributed by atoms with Crippen molar-refractivity contribution in [1.29, 1.82) is 0 Å². The maximum absolute atomic E-state index is 13.1. The third kappa shape index (κ3) is 3.80. The first-order valence-electron chi connectivity index (χ1n) is 14.2. The molecule has 3 heterocycles. The lowest BCUT2D eigenvalue weighted by Gasteiger charge is -2.57. The van der Waals surface area contributed by atoms with Gasteiger partial charge in [-0.25, -0.2) is 0 Å². The molecule has 2 aromatic carbocycles. The van der Waals surface area contributed by atoms with E-state index in [-0.39, 0.29) is 23.7 Å². The largest absolute Gasteiger partial charge is 0.506 e. The molecule has 2 unspecified atom stereocenters. The molecule has 0 saturated carbocycles. The number of aryl methyl sites for hydroxylation is 1. The second-order valence-electron chi connectivity index (χ2n) is 11.2. The lowest BCUT2D eigenvalue weighted by atomic mass is 9.76. The average Bonchev–Trinajstić information content (AvgIpc) is 3.77. The minimum Gasteiger partial charge on any atom is -0.506 e. The van der Waals surface area contributed by atoms with E-state index >= 15 is 0 Å². The molecular weight excluding hydrogens is 534 g/mol. The van der Waals surface area contributed by atoms with Crippen LogP contribution in [0.1, 0.15) is 65.3 Å². The molecule has 0 aromatic heterocycles. The Morgan fingerprint density at radius 1 is 1.17 bits per heavy atom. The second kappa shape index (κ2) is 10.3. The van der Waals surface area contributed by atoms with E-state index in [4.69, 9.17) is 43.6 Å². The number of Topliss-reactive ketones (excluding diaryl/α,β-unsaturated/α-hetero) is 1. The number of carbonyl (C=O) groups is 1. The number of hydrogen-bond acceptors (Lipinski definition) is 11. The van der Waals surface area contributed by atoms with E-state index < -0.39 is 29.6 Å². The van der Waals surface area contributed by atoms with Crippen molar-refractivity contribution in [3.8, 4) is 17.2 Å². The summed E-state index contributed by atoms with van der Waals surface area (Å²) in [7, 11) is 6.11. The Morgan fingerprint density at radius 2 is 1.93 bits per heavy atom. The standard InChI is InChI=1S/C30H39NO10/c1-16-13-18-23(24(33)22-17(25(18)34-2)9-8-10-19(22)32)26-21(16)20-14-29(41-26,38-12-7-6-11-31)28(15-39-28)30(37-5,40-20)27(35-3)36-4/h13,20,27,33H,6-12,14-15,31H2,1-5H3/t20?,28-,29+,30?/m0/s1. The zero-order chi connectivity index (χ0) is 29.2. The number of unbranched alkanes of at least 4 members (excludes halogenated alkanes) is 1. The van der Waals surface area contributed by atoms with Crippen LogP contribution in [-0.2, 0) is 34.8 Å². The number of phenols is 1. The van der Waals surface area contributed by atoms with E-state index in [9.17, 15) is 9.90 Å². The predicted molar refractivity (Wildman–Crippen MR) is 146 cm³/mol. The highest BCUT2D eigenvalue weighted by molar-refractivity contribution is 6.11. The molecule has 1 spiro atoms. The molecule has 2 aromatic rings. The van der Waals surface area contributed by atoms with Crippen LogP contribution in [-0.4, -0.2) is 82.6 Å². The van der Waals surface area contributed by atoms with Gasteiger partial charge in [0.25, 0.3) is 11.6 Å². The molecule has 0 radical (unpaired) electrons. The van der Waals surface area contributed by atoms with Crippen molar-refractivity contribution in [2.45, 2.75) is 75.0 Å². The Hall–Kier alpha value is -2.51. The highest BCUT2D eigenvalue weighted by Crippen LogP contribution is 2.66. The van der Waals surface area contributed by atoms with Crippen LogP contribution in [0.15, 0.2) is 6.07 Å². The molecule has 2 saturated heterocycles. The van der Waals surface area contributed by atoms with Crippen LogP contribution in [0.5, 0.6) is 17.2 Å². The number of rotatable bonds is 10. The van der Waals surface area contributed by atoms with Gasteiger partial charge in [-0.1, -0.05) is 0 Å². The summed E-state index contributed by atoms with van der Waals surface area (Å²) in [6.07, 6.45) is 1.85. The van der Waals surface area contributed by atoms with Gasteiger partial charge in [0.1, 0.15) is 17.2 Å². The Bertz CT molecular complexity index is 1370. The molecule has 224 valence electrons. The van der Waals surface area contributed by atoms with Gasteiger partial charge in [-0.3, -0.25) is 4.79 Å². The van der Waals surface area contributed by atoms with Crippen molar-refractivity contribution in [3.63, 3.8) is 0 Å². The highest BCUT2D eigenvalue weighted by Gasteiger charge is 2.84. The molecule has 11 nitrogen and oxygen atoms in total. The number of aromatic hydroxyl groups is 1. The summed E-state index contributed by atoms with van der Waals surface area (Å²) in [6, 6.07) is 1.95. The molecule has 4 atom stereocenters. The Labute approximate surface area is 239 Å². The molecule has 41 heavy (non-hydrogen) atoms. The minimum absolute atomic E-state index is 0.120. The van der Waals surface area contributed by atoms with Crippen LogP contribution in [0.25, 0.3) is 10.8 Å². The molecule has 11 heteroatoms. The maximum Gasteiger partial charge on any atom is 0.260 e. The van der Waals surface area contributed by atoms with Crippen LogP contribution < -0.4 is 15.2 Å². The van der Waals surface area contributed by atoms with Crippen LogP contribution in [0.2, 0.25) is 0 Å². The molecule has 1 aliphatic carbocycles. The Balaban J connectivity index is 1.62. The topological polar surface area (TPSA) is 140 Å². The summed E-state index contributed by atoms with van der Waals surface area (Å²) in [6.45, 7) is 3.01. The van der Waals surface area contributed by atoms with Gasteiger partial charge >= 0.3 is 0 Å². The van der Waals surface area contributed by atoms with E-state index in [1.165, 1.54) is 21.3 Å². The summed E-state index contributed by atoms with van der Waals surface area (Å²) < 4.78 is 50.0. The summed E-state index contributed by atoms with van der Waals surface area (Å²) in [5, 5.41) is 12.8. The first-order chi connectivity index (χ1) is 19.8. The number of hydrogen-bond donors (Lipinski definition) is 2. The third-order valence-electron chi connectivity index (χ3n) is 9.08. The summed E-state index contributed by atoms with van der Waals surface area (Å²) in [5.41, 5.74) is 7.07. The monoisotopic (exact) mass is 573 g/mol. The molecular formula is C30H39NO10. The molecule has 0 amide bonds. The van der Waals surface area contributed by atoms with E-state index in [0.29, 0.717) is 73.1 Å². The number of nitrogens with two attached hydrogens (primary N) is 1. The number of methoxy groups -OCH3 is 4. The van der Waals surface area contributed by atoms with Crippen molar-refractivity contribution in [2.75, 3.05) is 48.2 Å². The number of carbonyl (C=O) groups excluding carboxylic acids is 1. The lowest BCUT2D eigenvalue weighted by molar-refractivity contribution is -0.441. The molecule has 2 bridgehead atoms. The number of fused-ring (bicyclic) bond motifs is 8. The van der Waals surface area contributed by atoms with E-state index in [2.05, 4.69) is 0 Å². The van der Waals surface area contributed by atoms with Gasteiger partial charge in [0.05, 0.1) is 37.4 Å². The van der Waals surface area contributed by atoms with Crippen molar-refractivity contribution < 1.29 is 47.8 Å². The van der Waals surface area contributed by atoms with Gasteiger partial charge in [-0.05, 0) is 50.8 Å². The van der Waals surface area contributed by atoms with E-state index in [0.717, 1.165) is 17.5 Å². The second-order valence-corrected chi connectivity index (χ2v) is 11.2. The first-order valence-corrected chi connectivity index (χ1v) is 14.2. The van der Waals surface area contributed by atoms with Gasteiger partial charge in [0.2, 0.25) is 11.9 Å². The lowest BCUT2D eigenvalue weighted by Crippen LogP contribution is -2.75. The molecule has 3 aliphatic heterocycles. The van der Waals surface area contributed by atoms with Gasteiger partial charge in [-0.15, -0.1) is 0 Å². The fourth-order valence-corrected chi connectivity index (χ4v) is 7.21. The van der Waals surface area contributed by atoms with Gasteiger partial charge in [0.15, 0.2) is 5.78 Å². The van der Waals surface area contributed by atoms with Crippen molar-refractivity contribution in [2.24, 2.45) is 5.73 Å². The van der Waals surface area contributed by atoms with Crippen LogP contribution in [0.4, 0.5) is 0 Å². The minimum atomic E-state index is -1.54. The Kier molecular flexibility index (Phi) is 7.21. The first kappa shape index (κ1) is 28.6.